The highest BCUT2D eigenvalue weighted by molar-refractivity contribution is 5.38. The first kappa shape index (κ1) is 12.8. The summed E-state index contributed by atoms with van der Waals surface area (Å²) in [4.78, 5) is 4.64. The van der Waals surface area contributed by atoms with Gasteiger partial charge in [-0.2, -0.15) is 4.98 Å². The van der Waals surface area contributed by atoms with Crippen molar-refractivity contribution in [3.63, 3.8) is 0 Å². The lowest BCUT2D eigenvalue weighted by Crippen LogP contribution is -2.36. The van der Waals surface area contributed by atoms with E-state index in [1.165, 1.54) is 5.56 Å². The molecule has 1 N–H and O–H groups in total. The number of aromatic nitrogens is 2. The fourth-order valence-electron chi connectivity index (χ4n) is 3.33. The van der Waals surface area contributed by atoms with E-state index in [-0.39, 0.29) is 11.6 Å². The molecule has 2 aliphatic rings. The van der Waals surface area contributed by atoms with Crippen LogP contribution >= 0.6 is 0 Å². The van der Waals surface area contributed by atoms with E-state index in [0.717, 1.165) is 38.0 Å². The van der Waals surface area contributed by atoms with Gasteiger partial charge in [-0.15, -0.1) is 0 Å². The molecule has 2 atom stereocenters. The summed E-state index contributed by atoms with van der Waals surface area (Å²) in [7, 11) is 0. The van der Waals surface area contributed by atoms with Gasteiger partial charge < -0.3 is 14.6 Å². The van der Waals surface area contributed by atoms with Crippen molar-refractivity contribution in [2.24, 2.45) is 0 Å². The molecule has 2 aliphatic heterocycles. The van der Waals surface area contributed by atoms with Gasteiger partial charge in [0.1, 0.15) is 5.75 Å². The molecule has 3 heterocycles. The Morgan fingerprint density at radius 3 is 3.05 bits per heavy atom. The number of ether oxygens (including phenoxy) is 1. The van der Waals surface area contributed by atoms with Gasteiger partial charge in [-0.05, 0) is 37.4 Å². The summed E-state index contributed by atoms with van der Waals surface area (Å²) >= 11 is 0. The number of para-hydroxylation sites is 1. The maximum atomic E-state index is 5.93. The van der Waals surface area contributed by atoms with Gasteiger partial charge in [-0.1, -0.05) is 30.3 Å². The fourth-order valence-corrected chi connectivity index (χ4v) is 3.33. The number of hydrogen-bond donors (Lipinski definition) is 1. The van der Waals surface area contributed by atoms with Crippen LogP contribution < -0.4 is 10.1 Å². The Hall–Kier alpha value is -1.88. The van der Waals surface area contributed by atoms with Crippen LogP contribution in [0.2, 0.25) is 0 Å². The van der Waals surface area contributed by atoms with Crippen molar-refractivity contribution in [1.82, 2.24) is 15.5 Å². The van der Waals surface area contributed by atoms with Crippen LogP contribution in [0.4, 0.5) is 0 Å². The Labute approximate surface area is 123 Å². The summed E-state index contributed by atoms with van der Waals surface area (Å²) in [6.07, 6.45) is 3.84. The zero-order valence-corrected chi connectivity index (χ0v) is 12.1. The van der Waals surface area contributed by atoms with Gasteiger partial charge in [0.2, 0.25) is 11.7 Å². The number of nitrogens with zero attached hydrogens (tertiary/aromatic N) is 2. The lowest BCUT2D eigenvalue weighted by atomic mass is 9.94. The number of rotatable bonds is 3. The smallest absolute Gasteiger partial charge is 0.247 e. The predicted octanol–water partition coefficient (Wildman–Crippen LogP) is 2.73. The molecule has 1 saturated heterocycles. The van der Waals surface area contributed by atoms with Crippen LogP contribution in [-0.4, -0.2) is 16.7 Å². The van der Waals surface area contributed by atoms with E-state index >= 15 is 0 Å². The molecule has 1 aromatic heterocycles. The van der Waals surface area contributed by atoms with Crippen molar-refractivity contribution >= 4 is 0 Å². The highest BCUT2D eigenvalue weighted by atomic mass is 16.5. The molecule has 21 heavy (non-hydrogen) atoms. The van der Waals surface area contributed by atoms with Crippen molar-refractivity contribution in [2.75, 3.05) is 6.54 Å². The van der Waals surface area contributed by atoms with Crippen LogP contribution in [0, 0.1) is 0 Å². The molecule has 4 rings (SSSR count). The molecule has 0 radical (unpaired) electrons. The second-order valence-electron chi connectivity index (χ2n) is 5.84. The topological polar surface area (TPSA) is 60.2 Å². The van der Waals surface area contributed by atoms with Crippen molar-refractivity contribution in [1.29, 1.82) is 0 Å². The zero-order chi connectivity index (χ0) is 14.3. The SMILES string of the molecule is CCC1(c2nc(C3Cc4ccccc4O3)no2)CCCN1. The third-order valence-electron chi connectivity index (χ3n) is 4.63. The van der Waals surface area contributed by atoms with Crippen LogP contribution in [0.15, 0.2) is 28.8 Å². The minimum Gasteiger partial charge on any atom is -0.482 e. The van der Waals surface area contributed by atoms with Crippen LogP contribution in [0.3, 0.4) is 0 Å². The van der Waals surface area contributed by atoms with Gasteiger partial charge in [0.15, 0.2) is 6.10 Å². The molecule has 2 aromatic rings. The molecule has 5 nitrogen and oxygen atoms in total. The van der Waals surface area contributed by atoms with Gasteiger partial charge in [-0.3, -0.25) is 0 Å². The normalized spacial score (nSPS) is 27.6. The predicted molar refractivity (Wildman–Crippen MR) is 77.0 cm³/mol. The van der Waals surface area contributed by atoms with Gasteiger partial charge in [0.05, 0.1) is 5.54 Å². The summed E-state index contributed by atoms with van der Waals surface area (Å²) in [6.45, 7) is 3.17. The van der Waals surface area contributed by atoms with Crippen LogP contribution in [0.1, 0.15) is 49.6 Å². The van der Waals surface area contributed by atoms with Crippen LogP contribution in [0.25, 0.3) is 0 Å². The first-order chi connectivity index (χ1) is 10.3. The molecule has 0 aliphatic carbocycles. The monoisotopic (exact) mass is 285 g/mol. The van der Waals surface area contributed by atoms with Crippen molar-refractivity contribution in [2.45, 2.75) is 44.2 Å². The molecule has 110 valence electrons. The van der Waals surface area contributed by atoms with Crippen molar-refractivity contribution in [3.8, 4) is 5.75 Å². The quantitative estimate of drug-likeness (QED) is 0.939. The van der Waals surface area contributed by atoms with Crippen molar-refractivity contribution in [3.05, 3.63) is 41.5 Å². The molecule has 0 amide bonds. The number of fused-ring (bicyclic) bond motifs is 1. The third-order valence-corrected chi connectivity index (χ3v) is 4.63. The second-order valence-corrected chi connectivity index (χ2v) is 5.84. The standard InChI is InChI=1S/C16H19N3O2/c1-2-16(8-5-9-17-16)15-18-14(19-21-15)13-10-11-6-3-4-7-12(11)20-13/h3-4,6-7,13,17H,2,5,8-10H2,1H3. The summed E-state index contributed by atoms with van der Waals surface area (Å²) in [6, 6.07) is 8.09. The van der Waals surface area contributed by atoms with E-state index in [1.54, 1.807) is 0 Å². The first-order valence-corrected chi connectivity index (χ1v) is 7.64. The molecule has 0 bridgehead atoms. The van der Waals surface area contributed by atoms with Gasteiger partial charge >= 0.3 is 0 Å². The van der Waals surface area contributed by atoms with E-state index in [1.807, 2.05) is 18.2 Å². The lowest BCUT2D eigenvalue weighted by Gasteiger charge is -2.22. The maximum absolute atomic E-state index is 5.93. The summed E-state index contributed by atoms with van der Waals surface area (Å²) < 4.78 is 11.5. The maximum Gasteiger partial charge on any atom is 0.247 e. The highest BCUT2D eigenvalue weighted by Crippen LogP contribution is 2.37. The minimum atomic E-state index is -0.142. The average molecular weight is 285 g/mol. The zero-order valence-electron chi connectivity index (χ0n) is 12.1. The van der Waals surface area contributed by atoms with E-state index in [2.05, 4.69) is 28.4 Å². The van der Waals surface area contributed by atoms with Crippen LogP contribution in [0.5, 0.6) is 5.75 Å². The Bertz CT molecular complexity index is 621. The fraction of sp³-hybridized carbons (Fsp3) is 0.500. The van der Waals surface area contributed by atoms with Crippen LogP contribution in [-0.2, 0) is 12.0 Å². The Morgan fingerprint density at radius 1 is 1.38 bits per heavy atom. The Morgan fingerprint density at radius 2 is 2.29 bits per heavy atom. The summed E-state index contributed by atoms with van der Waals surface area (Å²) in [5.41, 5.74) is 1.06. The summed E-state index contributed by atoms with van der Waals surface area (Å²) in [5.74, 6) is 2.29. The van der Waals surface area contributed by atoms with E-state index in [9.17, 15) is 0 Å². The number of benzene rings is 1. The average Bonchev–Trinajstić information content (AvgIpc) is 3.24. The Balaban J connectivity index is 1.59. The van der Waals surface area contributed by atoms with E-state index < -0.39 is 0 Å². The van der Waals surface area contributed by atoms with E-state index in [0.29, 0.717) is 11.7 Å². The first-order valence-electron chi connectivity index (χ1n) is 7.64. The molecular formula is C16H19N3O2. The van der Waals surface area contributed by atoms with Gasteiger partial charge in [-0.25, -0.2) is 0 Å². The van der Waals surface area contributed by atoms with Gasteiger partial charge in [0, 0.05) is 6.42 Å². The molecule has 5 heteroatoms. The van der Waals surface area contributed by atoms with Crippen molar-refractivity contribution < 1.29 is 9.26 Å². The molecule has 2 unspecified atom stereocenters. The lowest BCUT2D eigenvalue weighted by molar-refractivity contribution is 0.217. The Kier molecular flexibility index (Phi) is 2.96. The largest absolute Gasteiger partial charge is 0.482 e. The number of hydrogen-bond acceptors (Lipinski definition) is 5. The summed E-state index contributed by atoms with van der Waals surface area (Å²) in [5, 5.41) is 7.69. The van der Waals surface area contributed by atoms with E-state index in [4.69, 9.17) is 9.26 Å². The van der Waals surface area contributed by atoms with Gasteiger partial charge in [0.25, 0.3) is 0 Å². The molecular weight excluding hydrogens is 266 g/mol. The number of nitrogens with one attached hydrogen (secondary N) is 1. The molecule has 1 aromatic carbocycles. The molecule has 0 spiro atoms. The highest BCUT2D eigenvalue weighted by Gasteiger charge is 2.40. The third kappa shape index (κ3) is 2.03. The minimum absolute atomic E-state index is 0.129. The molecule has 1 fully saturated rings. The molecule has 0 saturated carbocycles. The second kappa shape index (κ2) is 4.84.